The van der Waals surface area contributed by atoms with Crippen molar-refractivity contribution < 1.29 is 37.1 Å². The zero-order chi connectivity index (χ0) is 38.3. The van der Waals surface area contributed by atoms with Crippen LogP contribution in [0.2, 0.25) is 0 Å². The average molecular weight is 750 g/mol. The number of rotatable bonds is 12. The lowest BCUT2D eigenvalue weighted by Gasteiger charge is -2.36. The first-order chi connectivity index (χ1) is 25.0. The molecule has 4 aliphatic rings. The van der Waals surface area contributed by atoms with E-state index >= 15 is 0 Å². The van der Waals surface area contributed by atoms with Crippen LogP contribution in [0.25, 0.3) is 11.1 Å². The number of methoxy groups -OCH3 is 1. The maximum Gasteiger partial charge on any atom is 0.408 e. The van der Waals surface area contributed by atoms with Gasteiger partial charge >= 0.3 is 6.09 Å². The number of benzene rings is 1. The first-order valence-electron chi connectivity index (χ1n) is 18.4. The minimum Gasteiger partial charge on any atom is -0.446 e. The first-order valence-corrected chi connectivity index (χ1v) is 19.9. The smallest absolute Gasteiger partial charge is 0.408 e. The molecule has 2 aromatic rings. The largest absolute Gasteiger partial charge is 0.446 e. The van der Waals surface area contributed by atoms with Gasteiger partial charge in [-0.05, 0) is 74.5 Å². The van der Waals surface area contributed by atoms with E-state index < -0.39 is 73.6 Å². The van der Waals surface area contributed by atoms with Gasteiger partial charge in [-0.3, -0.25) is 24.1 Å². The molecule has 5 atom stereocenters. The van der Waals surface area contributed by atoms with Gasteiger partial charge in [0.1, 0.15) is 29.3 Å². The number of aryl methyl sites for hydroxylation is 1. The Kier molecular flexibility index (Phi) is 10.5. The van der Waals surface area contributed by atoms with E-state index in [4.69, 9.17) is 9.47 Å². The first kappa shape index (κ1) is 38.4. The van der Waals surface area contributed by atoms with Crippen molar-refractivity contribution in [2.75, 3.05) is 13.7 Å². The predicted molar refractivity (Wildman–Crippen MR) is 198 cm³/mol. The second-order valence-corrected chi connectivity index (χ2v) is 18.0. The van der Waals surface area contributed by atoms with Crippen LogP contribution >= 0.6 is 0 Å². The van der Waals surface area contributed by atoms with Gasteiger partial charge in [0.2, 0.25) is 21.8 Å². The highest BCUT2D eigenvalue weighted by Crippen LogP contribution is 2.47. The van der Waals surface area contributed by atoms with Crippen LogP contribution in [-0.4, -0.2) is 84.7 Å². The lowest BCUT2D eigenvalue weighted by Crippen LogP contribution is -2.60. The van der Waals surface area contributed by atoms with Crippen LogP contribution in [0.3, 0.4) is 0 Å². The summed E-state index contributed by atoms with van der Waals surface area (Å²) in [6, 6.07) is 9.32. The molecule has 14 heteroatoms. The van der Waals surface area contributed by atoms with Crippen LogP contribution in [0.5, 0.6) is 0 Å². The van der Waals surface area contributed by atoms with Crippen molar-refractivity contribution >= 4 is 33.8 Å². The number of nitrogens with zero attached hydrogens (tertiary/aromatic N) is 2. The Bertz CT molecular complexity index is 1850. The zero-order valence-electron chi connectivity index (χ0n) is 31.1. The van der Waals surface area contributed by atoms with Gasteiger partial charge in [0.15, 0.2) is 0 Å². The molecular weight excluding hydrogens is 699 g/mol. The Morgan fingerprint density at radius 3 is 2.21 bits per heavy atom. The number of pyridine rings is 1. The molecule has 1 aromatic heterocycles. The molecule has 2 heterocycles. The summed E-state index contributed by atoms with van der Waals surface area (Å²) >= 11 is 0. The Morgan fingerprint density at radius 1 is 1.00 bits per heavy atom. The molecule has 13 nitrogen and oxygen atoms in total. The molecular formula is C39H51N5O8S. The highest BCUT2D eigenvalue weighted by Gasteiger charge is 2.62. The maximum absolute atomic E-state index is 14.7. The van der Waals surface area contributed by atoms with Crippen molar-refractivity contribution in [2.45, 2.75) is 114 Å². The fourth-order valence-electron chi connectivity index (χ4n) is 7.56. The summed E-state index contributed by atoms with van der Waals surface area (Å²) in [4.78, 5) is 61.7. The van der Waals surface area contributed by atoms with E-state index in [1.54, 1.807) is 6.20 Å². The van der Waals surface area contributed by atoms with Gasteiger partial charge in [0, 0.05) is 36.9 Å². The molecule has 1 aromatic carbocycles. The Labute approximate surface area is 311 Å². The predicted octanol–water partition coefficient (Wildman–Crippen LogP) is 4.25. The number of hydrogen-bond donors (Lipinski definition) is 3. The fraction of sp³-hybridized carbons (Fsp3) is 0.564. The molecule has 53 heavy (non-hydrogen) atoms. The number of carbonyl (C=O) groups excluding carboxylic acids is 4. The SMILES string of the molecule is C=C[C@@H]1C[C@]1(NC(=O)[C@@H]1C[C@@](OC)(c2ccc(-c3ccc(C)nc3)cc2)CN1C(=O)[C@@H](NC(=O)OC1CCCC1)C(C)(C)C)C(=O)NS(=O)(=O)C1CC1. The summed E-state index contributed by atoms with van der Waals surface area (Å²) in [5.41, 5.74) is -0.0399. The van der Waals surface area contributed by atoms with Crippen LogP contribution in [-0.2, 0) is 39.5 Å². The van der Waals surface area contributed by atoms with E-state index in [0.717, 1.165) is 48.1 Å². The normalized spacial score (nSPS) is 26.4. The molecule has 1 aliphatic heterocycles. The van der Waals surface area contributed by atoms with E-state index in [1.807, 2.05) is 64.1 Å². The second kappa shape index (κ2) is 14.5. The van der Waals surface area contributed by atoms with E-state index in [1.165, 1.54) is 18.1 Å². The van der Waals surface area contributed by atoms with Gasteiger partial charge in [0.25, 0.3) is 5.91 Å². The summed E-state index contributed by atoms with van der Waals surface area (Å²) in [7, 11) is -2.38. The molecule has 4 amide bonds. The third-order valence-corrected chi connectivity index (χ3v) is 13.0. The molecule has 0 radical (unpaired) electrons. The quantitative estimate of drug-likeness (QED) is 0.268. The number of hydrogen-bond acceptors (Lipinski definition) is 9. The van der Waals surface area contributed by atoms with Gasteiger partial charge in [-0.1, -0.05) is 57.2 Å². The van der Waals surface area contributed by atoms with E-state index in [0.29, 0.717) is 12.8 Å². The minimum atomic E-state index is -3.90. The number of ether oxygens (including phenoxy) is 2. The topological polar surface area (TPSA) is 173 Å². The molecule has 0 bridgehead atoms. The van der Waals surface area contributed by atoms with E-state index in [9.17, 15) is 27.6 Å². The van der Waals surface area contributed by atoms with Crippen LogP contribution in [0.1, 0.15) is 83.4 Å². The van der Waals surface area contributed by atoms with Gasteiger partial charge in [0.05, 0.1) is 11.8 Å². The number of likely N-dealkylation sites (tertiary alicyclic amines) is 1. The third-order valence-electron chi connectivity index (χ3n) is 11.2. The second-order valence-electron chi connectivity index (χ2n) is 16.1. The number of sulfonamides is 1. The number of carbonyl (C=O) groups is 4. The number of amides is 4. The summed E-state index contributed by atoms with van der Waals surface area (Å²) in [6.07, 6.45) is 6.92. The monoisotopic (exact) mass is 749 g/mol. The molecule has 0 spiro atoms. The van der Waals surface area contributed by atoms with Crippen molar-refractivity contribution in [3.8, 4) is 11.1 Å². The highest BCUT2D eigenvalue weighted by atomic mass is 32.2. The summed E-state index contributed by atoms with van der Waals surface area (Å²) in [6.45, 7) is 11.1. The molecule has 3 aliphatic carbocycles. The van der Waals surface area contributed by atoms with Crippen LogP contribution < -0.4 is 15.4 Å². The van der Waals surface area contributed by atoms with Gasteiger partial charge < -0.3 is 25.0 Å². The Morgan fingerprint density at radius 2 is 1.66 bits per heavy atom. The standard InChI is InChI=1S/C39H51N5O8S/c1-7-27-20-39(27,35(47)43-53(49,50)30-18-19-30)42-33(45)31-21-38(51-6,28-16-14-25(15-17-28)26-13-12-24(2)40-22-26)23-44(31)34(46)32(37(3,4)5)41-36(48)52-29-10-8-9-11-29/h7,12-17,22,27,29-32H,1,8-11,18-21,23H2,2-6H3,(H,41,48)(H,42,45)(H,43,47)/t27-,31+,32-,38+,39-/m1/s1. The summed E-state index contributed by atoms with van der Waals surface area (Å²) < 4.78 is 39.5. The van der Waals surface area contributed by atoms with Crippen LogP contribution in [0.15, 0.2) is 55.3 Å². The number of aromatic nitrogens is 1. The molecule has 1 saturated heterocycles. The Balaban J connectivity index is 1.31. The van der Waals surface area contributed by atoms with Gasteiger partial charge in [-0.2, -0.15) is 0 Å². The molecule has 6 rings (SSSR count). The highest BCUT2D eigenvalue weighted by molar-refractivity contribution is 7.91. The van der Waals surface area contributed by atoms with Gasteiger partial charge in [-0.25, -0.2) is 13.2 Å². The van der Waals surface area contributed by atoms with Gasteiger partial charge in [-0.15, -0.1) is 6.58 Å². The molecule has 0 unspecified atom stereocenters. The lowest BCUT2D eigenvalue weighted by molar-refractivity contribution is -0.143. The zero-order valence-corrected chi connectivity index (χ0v) is 32.0. The van der Waals surface area contributed by atoms with Crippen LogP contribution in [0, 0.1) is 18.3 Å². The molecule has 286 valence electrons. The third kappa shape index (κ3) is 7.98. The minimum absolute atomic E-state index is 0.0206. The lowest BCUT2D eigenvalue weighted by atomic mass is 9.85. The van der Waals surface area contributed by atoms with E-state index in [-0.39, 0.29) is 25.5 Å². The van der Waals surface area contributed by atoms with Crippen molar-refractivity contribution in [3.63, 3.8) is 0 Å². The summed E-state index contributed by atoms with van der Waals surface area (Å²) in [5, 5.41) is 5.00. The maximum atomic E-state index is 14.7. The Hall–Kier alpha value is -4.30. The molecule has 4 fully saturated rings. The van der Waals surface area contributed by atoms with Crippen molar-refractivity contribution in [1.82, 2.24) is 25.2 Å². The van der Waals surface area contributed by atoms with Crippen molar-refractivity contribution in [1.29, 1.82) is 0 Å². The molecule has 3 saturated carbocycles. The van der Waals surface area contributed by atoms with Crippen molar-refractivity contribution in [2.24, 2.45) is 11.3 Å². The summed E-state index contributed by atoms with van der Waals surface area (Å²) in [5.74, 6) is -2.52. The average Bonchev–Trinajstić information content (AvgIpc) is 4.00. The fourth-order valence-corrected chi connectivity index (χ4v) is 8.93. The number of nitrogens with one attached hydrogen (secondary N) is 3. The van der Waals surface area contributed by atoms with Crippen molar-refractivity contribution in [3.05, 3.63) is 66.5 Å². The van der Waals surface area contributed by atoms with Crippen LogP contribution in [0.4, 0.5) is 4.79 Å². The number of alkyl carbamates (subject to hydrolysis) is 1. The molecule has 3 N–H and O–H groups in total. The van der Waals surface area contributed by atoms with E-state index in [2.05, 4.69) is 26.9 Å².